The molecular weight excluding hydrogens is 340 g/mol. The standard InChI is InChI=1S/C16H21F2NO4S/c17-16(18)9-13(10-16)11-24(22,23)19-14(6-7-15(20)21)8-12-4-2-1-3-5-12/h1-5,13-14,19H,6-11H2,(H,20,21). The van der Waals surface area contributed by atoms with E-state index in [2.05, 4.69) is 4.72 Å². The number of nitrogens with one attached hydrogen (secondary N) is 1. The molecule has 0 saturated heterocycles. The Labute approximate surface area is 140 Å². The summed E-state index contributed by atoms with van der Waals surface area (Å²) < 4.78 is 52.5. The van der Waals surface area contributed by atoms with E-state index >= 15 is 0 Å². The number of carbonyl (C=O) groups is 1. The number of carboxylic acids is 1. The van der Waals surface area contributed by atoms with Gasteiger partial charge in [-0.3, -0.25) is 4.79 Å². The molecule has 134 valence electrons. The zero-order valence-corrected chi connectivity index (χ0v) is 13.9. The van der Waals surface area contributed by atoms with Crippen LogP contribution in [0.3, 0.4) is 0 Å². The molecule has 24 heavy (non-hydrogen) atoms. The number of aliphatic carboxylic acids is 1. The van der Waals surface area contributed by atoms with Crippen molar-refractivity contribution in [2.45, 2.75) is 44.1 Å². The number of hydrogen-bond donors (Lipinski definition) is 2. The molecule has 8 heteroatoms. The van der Waals surface area contributed by atoms with Gasteiger partial charge in [-0.1, -0.05) is 30.3 Å². The average molecular weight is 361 g/mol. The molecule has 1 saturated carbocycles. The zero-order valence-electron chi connectivity index (χ0n) is 13.1. The maximum atomic E-state index is 12.8. The number of sulfonamides is 1. The summed E-state index contributed by atoms with van der Waals surface area (Å²) in [7, 11) is -3.74. The van der Waals surface area contributed by atoms with Crippen molar-refractivity contribution in [3.63, 3.8) is 0 Å². The van der Waals surface area contributed by atoms with Crippen molar-refractivity contribution in [1.29, 1.82) is 0 Å². The first-order valence-electron chi connectivity index (χ1n) is 7.79. The molecular formula is C16H21F2NO4S. The van der Waals surface area contributed by atoms with Gasteiger partial charge < -0.3 is 5.11 Å². The highest BCUT2D eigenvalue weighted by Gasteiger charge is 2.46. The van der Waals surface area contributed by atoms with Crippen LogP contribution in [-0.4, -0.2) is 37.2 Å². The van der Waals surface area contributed by atoms with Gasteiger partial charge in [0.1, 0.15) is 0 Å². The summed E-state index contributed by atoms with van der Waals surface area (Å²) >= 11 is 0. The highest BCUT2D eigenvalue weighted by atomic mass is 32.2. The minimum Gasteiger partial charge on any atom is -0.481 e. The lowest BCUT2D eigenvalue weighted by atomic mass is 9.83. The van der Waals surface area contributed by atoms with E-state index in [1.165, 1.54) is 0 Å². The van der Waals surface area contributed by atoms with Gasteiger partial charge in [-0.25, -0.2) is 21.9 Å². The lowest BCUT2D eigenvalue weighted by Gasteiger charge is -2.34. The van der Waals surface area contributed by atoms with E-state index in [4.69, 9.17) is 5.11 Å². The third-order valence-corrected chi connectivity index (χ3v) is 5.61. The molecule has 0 aliphatic heterocycles. The SMILES string of the molecule is O=C(O)CCC(Cc1ccccc1)NS(=O)(=O)CC1CC(F)(F)C1. The molecule has 2 N–H and O–H groups in total. The van der Waals surface area contributed by atoms with Gasteiger partial charge in [0.2, 0.25) is 15.9 Å². The van der Waals surface area contributed by atoms with Crippen molar-refractivity contribution in [3.8, 4) is 0 Å². The van der Waals surface area contributed by atoms with Gasteiger partial charge >= 0.3 is 5.97 Å². The Morgan fingerprint density at radius 3 is 2.46 bits per heavy atom. The summed E-state index contributed by atoms with van der Waals surface area (Å²) in [5.41, 5.74) is 0.880. The highest BCUT2D eigenvalue weighted by Crippen LogP contribution is 2.42. The first-order chi connectivity index (χ1) is 11.2. The number of halogens is 2. The Hall–Kier alpha value is -1.54. The second-order valence-corrected chi connectivity index (χ2v) is 8.15. The zero-order chi connectivity index (χ0) is 17.8. The monoisotopic (exact) mass is 361 g/mol. The summed E-state index contributed by atoms with van der Waals surface area (Å²) in [6.07, 6.45) is -0.487. The van der Waals surface area contributed by atoms with Gasteiger partial charge in [-0.05, 0) is 24.3 Å². The van der Waals surface area contributed by atoms with Crippen molar-refractivity contribution < 1.29 is 27.1 Å². The van der Waals surface area contributed by atoms with Crippen molar-refractivity contribution in [2.75, 3.05) is 5.75 Å². The van der Waals surface area contributed by atoms with Crippen LogP contribution in [0.25, 0.3) is 0 Å². The minimum atomic E-state index is -3.74. The van der Waals surface area contributed by atoms with Crippen molar-refractivity contribution in [3.05, 3.63) is 35.9 Å². The van der Waals surface area contributed by atoms with E-state index in [9.17, 15) is 22.0 Å². The quantitative estimate of drug-likeness (QED) is 0.708. The molecule has 1 aliphatic carbocycles. The fourth-order valence-electron chi connectivity index (χ4n) is 2.91. The molecule has 0 heterocycles. The molecule has 1 aromatic carbocycles. The first-order valence-corrected chi connectivity index (χ1v) is 9.44. The van der Waals surface area contributed by atoms with Gasteiger partial charge in [0.25, 0.3) is 0 Å². The molecule has 1 aromatic rings. The Bertz CT molecular complexity index is 656. The van der Waals surface area contributed by atoms with Crippen LogP contribution in [0, 0.1) is 5.92 Å². The van der Waals surface area contributed by atoms with Gasteiger partial charge in [0, 0.05) is 25.3 Å². The molecule has 0 spiro atoms. The van der Waals surface area contributed by atoms with Crippen molar-refractivity contribution in [2.24, 2.45) is 5.92 Å². The van der Waals surface area contributed by atoms with Crippen LogP contribution in [-0.2, 0) is 21.2 Å². The minimum absolute atomic E-state index is 0.143. The van der Waals surface area contributed by atoms with E-state index in [-0.39, 0.29) is 18.6 Å². The van der Waals surface area contributed by atoms with E-state index in [0.29, 0.717) is 6.42 Å². The summed E-state index contributed by atoms with van der Waals surface area (Å²) in [5, 5.41) is 8.82. The van der Waals surface area contributed by atoms with E-state index < -0.39 is 46.7 Å². The highest BCUT2D eigenvalue weighted by molar-refractivity contribution is 7.89. The predicted molar refractivity (Wildman–Crippen MR) is 85.4 cm³/mol. The topological polar surface area (TPSA) is 83.5 Å². The largest absolute Gasteiger partial charge is 0.481 e. The second kappa shape index (κ2) is 7.57. The Morgan fingerprint density at radius 2 is 1.92 bits per heavy atom. The van der Waals surface area contributed by atoms with Gasteiger partial charge in [-0.15, -0.1) is 0 Å². The maximum Gasteiger partial charge on any atom is 0.303 e. The van der Waals surface area contributed by atoms with Gasteiger partial charge in [-0.2, -0.15) is 0 Å². The second-order valence-electron chi connectivity index (χ2n) is 6.35. The predicted octanol–water partition coefficient (Wildman–Crippen LogP) is 2.43. The Morgan fingerprint density at radius 1 is 1.29 bits per heavy atom. The van der Waals surface area contributed by atoms with Crippen LogP contribution in [0.15, 0.2) is 30.3 Å². The normalized spacial score (nSPS) is 18.8. The number of alkyl halides is 2. The molecule has 2 rings (SSSR count). The van der Waals surface area contributed by atoms with E-state index in [1.807, 2.05) is 30.3 Å². The van der Waals surface area contributed by atoms with Crippen molar-refractivity contribution >= 4 is 16.0 Å². The van der Waals surface area contributed by atoms with Crippen LogP contribution >= 0.6 is 0 Å². The number of rotatable bonds is 9. The van der Waals surface area contributed by atoms with Gasteiger partial charge in [0.05, 0.1) is 5.75 Å². The fraction of sp³-hybridized carbons (Fsp3) is 0.562. The van der Waals surface area contributed by atoms with Crippen LogP contribution in [0.2, 0.25) is 0 Å². The lowest BCUT2D eigenvalue weighted by Crippen LogP contribution is -2.44. The number of carboxylic acid groups (broad SMARTS) is 1. The van der Waals surface area contributed by atoms with Crippen LogP contribution in [0.5, 0.6) is 0 Å². The molecule has 5 nitrogen and oxygen atoms in total. The Balaban J connectivity index is 1.96. The maximum absolute atomic E-state index is 12.8. The molecule has 1 aliphatic rings. The smallest absolute Gasteiger partial charge is 0.303 e. The van der Waals surface area contributed by atoms with Crippen LogP contribution < -0.4 is 4.72 Å². The molecule has 1 unspecified atom stereocenters. The molecule has 1 fully saturated rings. The van der Waals surface area contributed by atoms with Crippen LogP contribution in [0.4, 0.5) is 8.78 Å². The van der Waals surface area contributed by atoms with Crippen molar-refractivity contribution in [1.82, 2.24) is 4.72 Å². The van der Waals surface area contributed by atoms with E-state index in [0.717, 1.165) is 5.56 Å². The number of benzene rings is 1. The number of hydrogen-bond acceptors (Lipinski definition) is 3. The van der Waals surface area contributed by atoms with Gasteiger partial charge in [0.15, 0.2) is 0 Å². The molecule has 0 amide bonds. The molecule has 0 aromatic heterocycles. The summed E-state index contributed by atoms with van der Waals surface area (Å²) in [5.74, 6) is -4.66. The summed E-state index contributed by atoms with van der Waals surface area (Å²) in [6, 6.07) is 8.54. The molecule has 0 radical (unpaired) electrons. The first kappa shape index (κ1) is 18.8. The summed E-state index contributed by atoms with van der Waals surface area (Å²) in [6.45, 7) is 0. The average Bonchev–Trinajstić information content (AvgIpc) is 2.43. The third-order valence-electron chi connectivity index (χ3n) is 4.01. The fourth-order valence-corrected chi connectivity index (χ4v) is 4.58. The summed E-state index contributed by atoms with van der Waals surface area (Å²) in [4.78, 5) is 10.8. The lowest BCUT2D eigenvalue weighted by molar-refractivity contribution is -0.137. The van der Waals surface area contributed by atoms with E-state index in [1.54, 1.807) is 0 Å². The molecule has 0 bridgehead atoms. The van der Waals surface area contributed by atoms with Crippen LogP contribution in [0.1, 0.15) is 31.2 Å². The Kier molecular flexibility index (Phi) is 5.92. The molecule has 1 atom stereocenters. The third kappa shape index (κ3) is 6.16.